The molecule has 0 aromatic carbocycles. The van der Waals surface area contributed by atoms with E-state index < -0.39 is 0 Å². The largest absolute Gasteiger partial charge is 0.376 e. The summed E-state index contributed by atoms with van der Waals surface area (Å²) in [6, 6.07) is 0. The molecule has 0 saturated carbocycles. The molecule has 21 heavy (non-hydrogen) atoms. The summed E-state index contributed by atoms with van der Waals surface area (Å²) in [5.74, 6) is 0.0932. The van der Waals surface area contributed by atoms with E-state index in [0.29, 0.717) is 19.4 Å². The van der Waals surface area contributed by atoms with Crippen molar-refractivity contribution in [2.75, 3.05) is 18.1 Å². The lowest BCUT2D eigenvalue weighted by atomic mass is 10.2. The van der Waals surface area contributed by atoms with E-state index in [-0.39, 0.29) is 12.0 Å². The Morgan fingerprint density at radius 2 is 2.19 bits per heavy atom. The molecule has 2 aromatic heterocycles. The molecule has 1 atom stereocenters. The van der Waals surface area contributed by atoms with Gasteiger partial charge in [-0.15, -0.1) is 22.7 Å². The van der Waals surface area contributed by atoms with Gasteiger partial charge in [0.25, 0.3) is 0 Å². The Kier molecular flexibility index (Phi) is 4.95. The Balaban J connectivity index is 1.64. The third kappa shape index (κ3) is 3.87. The molecule has 3 heterocycles. The molecule has 1 amide bonds. The van der Waals surface area contributed by atoms with E-state index in [9.17, 15) is 4.79 Å². The van der Waals surface area contributed by atoms with Crippen molar-refractivity contribution in [3.63, 3.8) is 0 Å². The standard InChI is InChI=1S/C14H17N3O2S2/c18-13(4-3-12-15-5-8-20-12)17(14-16-6-9-21-14)10-11-2-1-7-19-11/h5-6,8-9,11H,1-4,7,10H2. The van der Waals surface area contributed by atoms with Crippen LogP contribution < -0.4 is 4.90 Å². The Hall–Kier alpha value is -1.31. The molecule has 1 unspecified atom stereocenters. The Labute approximate surface area is 131 Å². The number of nitrogens with zero attached hydrogens (tertiary/aromatic N) is 3. The van der Waals surface area contributed by atoms with E-state index in [4.69, 9.17) is 4.74 Å². The predicted molar refractivity (Wildman–Crippen MR) is 83.9 cm³/mol. The highest BCUT2D eigenvalue weighted by molar-refractivity contribution is 7.13. The maximum absolute atomic E-state index is 12.5. The fraction of sp³-hybridized carbons (Fsp3) is 0.500. The van der Waals surface area contributed by atoms with Gasteiger partial charge in [-0.2, -0.15) is 0 Å². The SMILES string of the molecule is O=C(CCc1nccs1)N(CC1CCCO1)c1nccs1. The monoisotopic (exact) mass is 323 g/mol. The number of carbonyl (C=O) groups excluding carboxylic acids is 1. The van der Waals surface area contributed by atoms with Crippen LogP contribution in [0.3, 0.4) is 0 Å². The number of aryl methyl sites for hydroxylation is 1. The lowest BCUT2D eigenvalue weighted by molar-refractivity contribution is -0.119. The minimum Gasteiger partial charge on any atom is -0.376 e. The minimum atomic E-state index is 0.0932. The van der Waals surface area contributed by atoms with E-state index in [0.717, 1.165) is 29.6 Å². The zero-order chi connectivity index (χ0) is 14.5. The van der Waals surface area contributed by atoms with Crippen LogP contribution in [0.25, 0.3) is 0 Å². The van der Waals surface area contributed by atoms with Crippen molar-refractivity contribution in [2.45, 2.75) is 31.8 Å². The summed E-state index contributed by atoms with van der Waals surface area (Å²) in [5.41, 5.74) is 0. The molecule has 1 fully saturated rings. The van der Waals surface area contributed by atoms with Gasteiger partial charge in [0.1, 0.15) is 0 Å². The molecule has 0 bridgehead atoms. The smallest absolute Gasteiger partial charge is 0.229 e. The van der Waals surface area contributed by atoms with Crippen LogP contribution in [0.4, 0.5) is 5.13 Å². The Morgan fingerprint density at radius 3 is 2.86 bits per heavy atom. The van der Waals surface area contributed by atoms with E-state index in [1.165, 1.54) is 11.3 Å². The van der Waals surface area contributed by atoms with Crippen LogP contribution in [0.5, 0.6) is 0 Å². The third-order valence-corrected chi connectivity index (χ3v) is 5.03. The lowest BCUT2D eigenvalue weighted by Gasteiger charge is -2.22. The fourth-order valence-electron chi connectivity index (χ4n) is 2.35. The number of hydrogen-bond acceptors (Lipinski definition) is 6. The van der Waals surface area contributed by atoms with Crippen LogP contribution in [0.2, 0.25) is 0 Å². The molecule has 1 saturated heterocycles. The van der Waals surface area contributed by atoms with Gasteiger partial charge in [0.15, 0.2) is 5.13 Å². The molecule has 0 aliphatic carbocycles. The predicted octanol–water partition coefficient (Wildman–Crippen LogP) is 2.74. The molecule has 7 heteroatoms. The molecule has 5 nitrogen and oxygen atoms in total. The summed E-state index contributed by atoms with van der Waals surface area (Å²) >= 11 is 3.08. The Bertz CT molecular complexity index is 551. The second kappa shape index (κ2) is 7.11. The molecular formula is C14H17N3O2S2. The van der Waals surface area contributed by atoms with E-state index >= 15 is 0 Å². The van der Waals surface area contributed by atoms with Crippen LogP contribution in [0, 0.1) is 0 Å². The minimum absolute atomic E-state index is 0.0932. The lowest BCUT2D eigenvalue weighted by Crippen LogP contribution is -2.37. The summed E-state index contributed by atoms with van der Waals surface area (Å²) in [7, 11) is 0. The van der Waals surface area contributed by atoms with Crippen molar-refractivity contribution in [3.05, 3.63) is 28.2 Å². The molecule has 1 aliphatic rings. The molecule has 3 rings (SSSR count). The summed E-state index contributed by atoms with van der Waals surface area (Å²) < 4.78 is 5.65. The zero-order valence-corrected chi connectivity index (χ0v) is 13.2. The number of anilines is 1. The van der Waals surface area contributed by atoms with E-state index in [2.05, 4.69) is 9.97 Å². The van der Waals surface area contributed by atoms with Gasteiger partial charge in [0.05, 0.1) is 17.7 Å². The third-order valence-electron chi connectivity index (χ3n) is 3.40. The van der Waals surface area contributed by atoms with Gasteiger partial charge in [0.2, 0.25) is 5.91 Å². The number of aromatic nitrogens is 2. The van der Waals surface area contributed by atoms with Crippen LogP contribution in [-0.2, 0) is 16.0 Å². The molecular weight excluding hydrogens is 306 g/mol. The summed E-state index contributed by atoms with van der Waals surface area (Å²) in [6.07, 6.45) is 6.87. The number of hydrogen-bond donors (Lipinski definition) is 0. The average Bonchev–Trinajstić information content (AvgIpc) is 3.25. The highest BCUT2D eigenvalue weighted by atomic mass is 32.1. The number of amides is 1. The second-order valence-electron chi connectivity index (χ2n) is 4.88. The highest BCUT2D eigenvalue weighted by Gasteiger charge is 2.25. The van der Waals surface area contributed by atoms with Crippen LogP contribution in [0.15, 0.2) is 23.2 Å². The van der Waals surface area contributed by atoms with Gasteiger partial charge >= 0.3 is 0 Å². The van der Waals surface area contributed by atoms with Crippen LogP contribution >= 0.6 is 22.7 Å². The average molecular weight is 323 g/mol. The van der Waals surface area contributed by atoms with Crippen molar-refractivity contribution in [3.8, 4) is 0 Å². The summed E-state index contributed by atoms with van der Waals surface area (Å²) in [5, 5.41) is 5.59. The number of thiazole rings is 2. The van der Waals surface area contributed by atoms with Crippen LogP contribution in [-0.4, -0.2) is 35.1 Å². The maximum Gasteiger partial charge on any atom is 0.229 e. The number of ether oxygens (including phenoxy) is 1. The van der Waals surface area contributed by atoms with Gasteiger partial charge < -0.3 is 4.74 Å². The quantitative estimate of drug-likeness (QED) is 0.820. The van der Waals surface area contributed by atoms with Crippen molar-refractivity contribution < 1.29 is 9.53 Å². The number of carbonyl (C=O) groups is 1. The van der Waals surface area contributed by atoms with Crippen molar-refractivity contribution in [2.24, 2.45) is 0 Å². The molecule has 0 N–H and O–H groups in total. The van der Waals surface area contributed by atoms with Gasteiger partial charge in [-0.1, -0.05) is 0 Å². The summed E-state index contributed by atoms with van der Waals surface area (Å²) in [4.78, 5) is 22.8. The molecule has 2 aromatic rings. The summed E-state index contributed by atoms with van der Waals surface area (Å²) in [6.45, 7) is 1.40. The first-order valence-corrected chi connectivity index (χ1v) is 8.78. The highest BCUT2D eigenvalue weighted by Crippen LogP contribution is 2.22. The first kappa shape index (κ1) is 14.6. The number of rotatable bonds is 6. The van der Waals surface area contributed by atoms with Gasteiger partial charge in [-0.25, -0.2) is 9.97 Å². The second-order valence-corrected chi connectivity index (χ2v) is 6.73. The van der Waals surface area contributed by atoms with Gasteiger partial charge in [-0.3, -0.25) is 9.69 Å². The molecule has 0 radical (unpaired) electrons. The van der Waals surface area contributed by atoms with E-state index in [1.54, 1.807) is 28.6 Å². The van der Waals surface area contributed by atoms with Crippen molar-refractivity contribution in [1.29, 1.82) is 0 Å². The Morgan fingerprint density at radius 1 is 1.33 bits per heavy atom. The maximum atomic E-state index is 12.5. The van der Waals surface area contributed by atoms with Crippen molar-refractivity contribution in [1.82, 2.24) is 9.97 Å². The zero-order valence-electron chi connectivity index (χ0n) is 11.6. The first-order chi connectivity index (χ1) is 10.3. The molecule has 1 aliphatic heterocycles. The van der Waals surface area contributed by atoms with E-state index in [1.807, 2.05) is 10.8 Å². The fourth-order valence-corrected chi connectivity index (χ4v) is 3.64. The molecule has 112 valence electrons. The van der Waals surface area contributed by atoms with Gasteiger partial charge in [-0.05, 0) is 12.8 Å². The van der Waals surface area contributed by atoms with Crippen molar-refractivity contribution >= 4 is 33.7 Å². The normalized spacial score (nSPS) is 18.0. The van der Waals surface area contributed by atoms with Crippen LogP contribution in [0.1, 0.15) is 24.3 Å². The molecule has 0 spiro atoms. The van der Waals surface area contributed by atoms with Gasteiger partial charge in [0, 0.05) is 42.6 Å². The topological polar surface area (TPSA) is 55.3 Å². The first-order valence-electron chi connectivity index (χ1n) is 7.03.